The van der Waals surface area contributed by atoms with E-state index in [0.29, 0.717) is 16.9 Å². The molecule has 0 unspecified atom stereocenters. The Hall–Kier alpha value is -3.99. The molecule has 1 saturated heterocycles. The monoisotopic (exact) mass is 523 g/mol. The van der Waals surface area contributed by atoms with Gasteiger partial charge in [-0.15, -0.1) is 0 Å². The van der Waals surface area contributed by atoms with E-state index in [1.54, 1.807) is 4.57 Å². The summed E-state index contributed by atoms with van der Waals surface area (Å²) in [6.07, 6.45) is -1.26. The maximum atomic E-state index is 11.1. The van der Waals surface area contributed by atoms with Gasteiger partial charge in [-0.25, -0.2) is 15.0 Å². The number of aromatic nitrogens is 4. The lowest BCUT2D eigenvalue weighted by molar-refractivity contribution is -0.0942. The van der Waals surface area contributed by atoms with Crippen LogP contribution in [0.2, 0.25) is 0 Å². The third-order valence-electron chi connectivity index (χ3n) is 7.24. The third-order valence-corrected chi connectivity index (χ3v) is 7.24. The van der Waals surface area contributed by atoms with Gasteiger partial charge < -0.3 is 25.4 Å². The molecule has 0 saturated carbocycles. The molecular weight excluding hydrogens is 494 g/mol. The topological polar surface area (TPSA) is 129 Å². The van der Waals surface area contributed by atoms with Crippen LogP contribution in [0.15, 0.2) is 104 Å². The van der Waals surface area contributed by atoms with Gasteiger partial charge in [0.05, 0.1) is 18.6 Å². The van der Waals surface area contributed by atoms with E-state index in [1.165, 1.54) is 12.7 Å². The molecule has 0 aliphatic carbocycles. The Morgan fingerprint density at radius 3 is 1.90 bits per heavy atom. The fourth-order valence-electron chi connectivity index (χ4n) is 5.31. The van der Waals surface area contributed by atoms with Crippen molar-refractivity contribution >= 4 is 11.2 Å². The number of nitrogens with zero attached hydrogens (tertiary/aromatic N) is 4. The molecule has 3 heterocycles. The van der Waals surface area contributed by atoms with E-state index in [0.717, 1.165) is 16.7 Å². The average molecular weight is 524 g/mol. The van der Waals surface area contributed by atoms with E-state index in [-0.39, 0.29) is 13.2 Å². The zero-order valence-corrected chi connectivity index (χ0v) is 21.1. The van der Waals surface area contributed by atoms with Crippen molar-refractivity contribution in [1.82, 2.24) is 19.5 Å². The lowest BCUT2D eigenvalue weighted by atomic mass is 9.80. The molecule has 198 valence electrons. The standard InChI is InChI=1S/C30H29N5O4/c31-16-23-25-28(33-18-32-23)35(19-34-25)29-27(37)26(36)24(39-29)17-38-30(20-10-4-1-5-11-20,21-12-6-2-7-13-21)22-14-8-3-9-15-22/h1-15,18-19,24,26-27,29,36-37H,16-17,31H2/t24-,26-,27-,29-/m1/s1. The van der Waals surface area contributed by atoms with E-state index >= 15 is 0 Å². The van der Waals surface area contributed by atoms with E-state index in [2.05, 4.69) is 15.0 Å². The molecule has 0 bridgehead atoms. The van der Waals surface area contributed by atoms with Gasteiger partial charge >= 0.3 is 0 Å². The fourth-order valence-corrected chi connectivity index (χ4v) is 5.31. The second-order valence-corrected chi connectivity index (χ2v) is 9.49. The zero-order valence-electron chi connectivity index (χ0n) is 21.1. The van der Waals surface area contributed by atoms with Gasteiger partial charge in [-0.1, -0.05) is 91.0 Å². The number of hydrogen-bond donors (Lipinski definition) is 3. The van der Waals surface area contributed by atoms with Crippen LogP contribution >= 0.6 is 0 Å². The van der Waals surface area contributed by atoms with Gasteiger partial charge in [0.25, 0.3) is 0 Å². The van der Waals surface area contributed by atoms with Gasteiger partial charge in [0, 0.05) is 6.54 Å². The van der Waals surface area contributed by atoms with Crippen molar-refractivity contribution in [2.75, 3.05) is 6.61 Å². The summed E-state index contributed by atoms with van der Waals surface area (Å²) < 4.78 is 14.6. The Morgan fingerprint density at radius 1 is 0.795 bits per heavy atom. The molecule has 4 N–H and O–H groups in total. The number of nitrogens with two attached hydrogens (primary N) is 1. The summed E-state index contributed by atoms with van der Waals surface area (Å²) in [5.74, 6) is 0. The average Bonchev–Trinajstić information content (AvgIpc) is 3.55. The van der Waals surface area contributed by atoms with Crippen LogP contribution in [0.5, 0.6) is 0 Å². The molecule has 6 rings (SSSR count). The minimum atomic E-state index is -1.23. The molecule has 0 radical (unpaired) electrons. The second-order valence-electron chi connectivity index (χ2n) is 9.49. The van der Waals surface area contributed by atoms with Crippen LogP contribution in [0.25, 0.3) is 11.2 Å². The third kappa shape index (κ3) is 4.40. The Labute approximate surface area is 225 Å². The van der Waals surface area contributed by atoms with Crippen molar-refractivity contribution in [3.05, 3.63) is 126 Å². The summed E-state index contributed by atoms with van der Waals surface area (Å²) in [6, 6.07) is 29.9. The van der Waals surface area contributed by atoms with E-state index < -0.39 is 30.1 Å². The van der Waals surface area contributed by atoms with E-state index in [9.17, 15) is 10.2 Å². The summed E-state index contributed by atoms with van der Waals surface area (Å²) in [7, 11) is 0. The highest BCUT2D eigenvalue weighted by Crippen LogP contribution is 2.42. The number of benzene rings is 3. The maximum Gasteiger partial charge on any atom is 0.165 e. The molecule has 5 aromatic rings. The van der Waals surface area contributed by atoms with Gasteiger partial charge in [0.2, 0.25) is 0 Å². The quantitative estimate of drug-likeness (QED) is 0.265. The molecule has 1 aliphatic rings. The first-order valence-electron chi connectivity index (χ1n) is 12.8. The number of aliphatic hydroxyl groups excluding tert-OH is 2. The molecule has 3 aromatic carbocycles. The predicted molar refractivity (Wildman–Crippen MR) is 144 cm³/mol. The summed E-state index contributed by atoms with van der Waals surface area (Å²) in [4.78, 5) is 12.9. The molecule has 9 heteroatoms. The minimum absolute atomic E-state index is 0.00305. The van der Waals surface area contributed by atoms with Gasteiger partial charge in [0.15, 0.2) is 11.9 Å². The van der Waals surface area contributed by atoms with Crippen LogP contribution < -0.4 is 5.73 Å². The van der Waals surface area contributed by atoms with Crippen LogP contribution in [0.3, 0.4) is 0 Å². The number of ether oxygens (including phenoxy) is 2. The lowest BCUT2D eigenvalue weighted by Crippen LogP contribution is -2.39. The second kappa shape index (κ2) is 10.6. The Morgan fingerprint density at radius 2 is 1.36 bits per heavy atom. The molecule has 9 nitrogen and oxygen atoms in total. The molecule has 1 aliphatic heterocycles. The van der Waals surface area contributed by atoms with Crippen molar-refractivity contribution in [2.45, 2.75) is 36.7 Å². The zero-order chi connectivity index (χ0) is 26.8. The predicted octanol–water partition coefficient (Wildman–Crippen LogP) is 2.91. The number of aliphatic hydroxyl groups is 2. The SMILES string of the molecule is NCc1ncnc2c1ncn2[C@@H]1O[C@H](COC(c2ccccc2)(c2ccccc2)c2ccccc2)[C@@H](O)[C@H]1O. The van der Waals surface area contributed by atoms with Gasteiger partial charge in [-0.3, -0.25) is 4.57 Å². The Balaban J connectivity index is 1.36. The molecule has 1 fully saturated rings. The summed E-state index contributed by atoms with van der Waals surface area (Å²) in [5.41, 5.74) is 9.18. The number of imidazole rings is 1. The van der Waals surface area contributed by atoms with Gasteiger partial charge in [0.1, 0.15) is 35.8 Å². The molecule has 39 heavy (non-hydrogen) atoms. The number of rotatable bonds is 8. The maximum absolute atomic E-state index is 11.1. The summed E-state index contributed by atoms with van der Waals surface area (Å²) >= 11 is 0. The van der Waals surface area contributed by atoms with Crippen molar-refractivity contribution in [3.63, 3.8) is 0 Å². The molecule has 2 aromatic heterocycles. The molecule has 0 amide bonds. The van der Waals surface area contributed by atoms with E-state index in [4.69, 9.17) is 15.2 Å². The number of fused-ring (bicyclic) bond motifs is 1. The van der Waals surface area contributed by atoms with Crippen molar-refractivity contribution in [2.24, 2.45) is 5.73 Å². The minimum Gasteiger partial charge on any atom is -0.387 e. The molecule has 0 spiro atoms. The molecular formula is C30H29N5O4. The van der Waals surface area contributed by atoms with Crippen molar-refractivity contribution < 1.29 is 19.7 Å². The van der Waals surface area contributed by atoms with Crippen molar-refractivity contribution in [3.8, 4) is 0 Å². The fraction of sp³-hybridized carbons (Fsp3) is 0.233. The first-order chi connectivity index (χ1) is 19.1. The van der Waals surface area contributed by atoms with Crippen LogP contribution in [0.1, 0.15) is 28.6 Å². The van der Waals surface area contributed by atoms with Crippen LogP contribution in [-0.2, 0) is 21.6 Å². The highest BCUT2D eigenvalue weighted by Gasteiger charge is 2.46. The van der Waals surface area contributed by atoms with Gasteiger partial charge in [-0.2, -0.15) is 0 Å². The first kappa shape index (κ1) is 25.3. The number of hydrogen-bond acceptors (Lipinski definition) is 8. The highest BCUT2D eigenvalue weighted by atomic mass is 16.6. The molecule has 4 atom stereocenters. The van der Waals surface area contributed by atoms with Crippen LogP contribution in [0.4, 0.5) is 0 Å². The first-order valence-corrected chi connectivity index (χ1v) is 12.8. The Bertz CT molecular complexity index is 1430. The highest BCUT2D eigenvalue weighted by molar-refractivity contribution is 5.73. The van der Waals surface area contributed by atoms with E-state index in [1.807, 2.05) is 91.0 Å². The summed E-state index contributed by atoms with van der Waals surface area (Å²) in [6.45, 7) is 0.201. The Kier molecular flexibility index (Phi) is 6.90. The van der Waals surface area contributed by atoms with Crippen molar-refractivity contribution in [1.29, 1.82) is 0 Å². The smallest absolute Gasteiger partial charge is 0.165 e. The lowest BCUT2D eigenvalue weighted by Gasteiger charge is -2.37. The van der Waals surface area contributed by atoms with Crippen LogP contribution in [-0.4, -0.2) is 54.7 Å². The normalized spacial score (nSPS) is 21.4. The summed E-state index contributed by atoms with van der Waals surface area (Å²) in [5, 5.41) is 22.1. The largest absolute Gasteiger partial charge is 0.387 e. The van der Waals surface area contributed by atoms with Crippen LogP contribution in [0, 0.1) is 0 Å². The van der Waals surface area contributed by atoms with Gasteiger partial charge in [-0.05, 0) is 16.7 Å².